The molecule has 1 atom stereocenters. The summed E-state index contributed by atoms with van der Waals surface area (Å²) in [6, 6.07) is 0. The zero-order valence-electron chi connectivity index (χ0n) is 8.24. The molecule has 1 aliphatic heterocycles. The fourth-order valence-electron chi connectivity index (χ4n) is 1.44. The van der Waals surface area contributed by atoms with Crippen LogP contribution in [0.3, 0.4) is 0 Å². The first-order chi connectivity index (χ1) is 6.01. The van der Waals surface area contributed by atoms with E-state index in [1.54, 1.807) is 4.90 Å². The molecule has 1 fully saturated rings. The molecular weight excluding hydrogens is 170 g/mol. The van der Waals surface area contributed by atoms with E-state index < -0.39 is 6.10 Å². The lowest BCUT2D eigenvalue weighted by Gasteiger charge is -2.40. The molecule has 0 aromatic heterocycles. The molecule has 0 spiro atoms. The highest BCUT2D eigenvalue weighted by Crippen LogP contribution is 2.28. The Balaban J connectivity index is 2.78. The molecule has 0 aromatic carbocycles. The van der Waals surface area contributed by atoms with Crippen molar-refractivity contribution in [2.75, 3.05) is 13.1 Å². The van der Waals surface area contributed by atoms with Crippen LogP contribution in [0.4, 0.5) is 4.79 Å². The van der Waals surface area contributed by atoms with Gasteiger partial charge in [0, 0.05) is 18.5 Å². The quantitative estimate of drug-likeness (QED) is 0.604. The van der Waals surface area contributed by atoms with Crippen LogP contribution >= 0.6 is 0 Å². The van der Waals surface area contributed by atoms with Crippen LogP contribution in [0.5, 0.6) is 0 Å². The molecule has 1 rings (SSSR count). The van der Waals surface area contributed by atoms with E-state index in [1.165, 1.54) is 0 Å². The van der Waals surface area contributed by atoms with Gasteiger partial charge in [0.2, 0.25) is 0 Å². The number of hydrogen-bond donors (Lipinski definition) is 0. The third-order valence-electron chi connectivity index (χ3n) is 2.36. The molecule has 0 saturated carbocycles. The van der Waals surface area contributed by atoms with Gasteiger partial charge in [-0.05, 0) is 6.92 Å². The standard InChI is InChI=1S/C9H15NO3/c1-4-10-6-9(2,3)7(5-11)13-8(10)12/h5,7H,4,6H2,1-3H3/t7-/m1/s1. The first kappa shape index (κ1) is 10.0. The topological polar surface area (TPSA) is 46.6 Å². The molecule has 1 heterocycles. The van der Waals surface area contributed by atoms with Crippen molar-refractivity contribution < 1.29 is 14.3 Å². The third-order valence-corrected chi connectivity index (χ3v) is 2.36. The van der Waals surface area contributed by atoms with Crippen molar-refractivity contribution >= 4 is 12.4 Å². The van der Waals surface area contributed by atoms with E-state index in [1.807, 2.05) is 20.8 Å². The Morgan fingerprint density at radius 2 is 2.31 bits per heavy atom. The van der Waals surface area contributed by atoms with Gasteiger partial charge < -0.3 is 9.64 Å². The Morgan fingerprint density at radius 3 is 2.77 bits per heavy atom. The average Bonchev–Trinajstić information content (AvgIpc) is 2.08. The maximum Gasteiger partial charge on any atom is 0.410 e. The highest BCUT2D eigenvalue weighted by molar-refractivity contribution is 5.73. The summed E-state index contributed by atoms with van der Waals surface area (Å²) >= 11 is 0. The van der Waals surface area contributed by atoms with Gasteiger partial charge in [0.05, 0.1) is 0 Å². The smallest absolute Gasteiger partial charge is 0.410 e. The van der Waals surface area contributed by atoms with Crippen molar-refractivity contribution in [2.24, 2.45) is 5.41 Å². The highest BCUT2D eigenvalue weighted by atomic mass is 16.6. The van der Waals surface area contributed by atoms with Gasteiger partial charge in [-0.25, -0.2) is 4.79 Å². The Kier molecular flexibility index (Phi) is 2.59. The molecule has 4 heteroatoms. The Bertz CT molecular complexity index is 225. The molecule has 0 radical (unpaired) electrons. The summed E-state index contributed by atoms with van der Waals surface area (Å²) in [5.41, 5.74) is -0.286. The van der Waals surface area contributed by atoms with Crippen LogP contribution < -0.4 is 0 Å². The van der Waals surface area contributed by atoms with Crippen LogP contribution in [0.15, 0.2) is 0 Å². The molecule has 0 unspecified atom stereocenters. The Labute approximate surface area is 77.8 Å². The van der Waals surface area contributed by atoms with Crippen molar-refractivity contribution in [3.63, 3.8) is 0 Å². The maximum atomic E-state index is 11.2. The number of amides is 1. The number of cyclic esters (lactones) is 1. The molecule has 0 aliphatic carbocycles. The zero-order valence-corrected chi connectivity index (χ0v) is 8.24. The largest absolute Gasteiger partial charge is 0.438 e. The first-order valence-corrected chi connectivity index (χ1v) is 4.42. The lowest BCUT2D eigenvalue weighted by molar-refractivity contribution is -0.126. The molecule has 74 valence electrons. The molecule has 13 heavy (non-hydrogen) atoms. The van der Waals surface area contributed by atoms with Crippen LogP contribution in [0.2, 0.25) is 0 Å². The summed E-state index contributed by atoms with van der Waals surface area (Å²) < 4.78 is 4.97. The maximum absolute atomic E-state index is 11.2. The molecule has 4 nitrogen and oxygen atoms in total. The predicted molar refractivity (Wildman–Crippen MR) is 47.4 cm³/mol. The second kappa shape index (κ2) is 3.36. The zero-order chi connectivity index (χ0) is 10.1. The van der Waals surface area contributed by atoms with Gasteiger partial charge >= 0.3 is 6.09 Å². The molecule has 0 bridgehead atoms. The fraction of sp³-hybridized carbons (Fsp3) is 0.778. The minimum atomic E-state index is -0.609. The van der Waals surface area contributed by atoms with Crippen LogP contribution in [0.25, 0.3) is 0 Å². The van der Waals surface area contributed by atoms with Gasteiger partial charge in [-0.15, -0.1) is 0 Å². The molecular formula is C9H15NO3. The lowest BCUT2D eigenvalue weighted by atomic mass is 9.85. The van der Waals surface area contributed by atoms with Crippen LogP contribution in [0, 0.1) is 5.41 Å². The summed E-state index contributed by atoms with van der Waals surface area (Å²) in [7, 11) is 0. The van der Waals surface area contributed by atoms with Crippen LogP contribution in [-0.4, -0.2) is 36.5 Å². The van der Waals surface area contributed by atoms with Gasteiger partial charge in [-0.3, -0.25) is 4.79 Å². The summed E-state index contributed by atoms with van der Waals surface area (Å²) in [5.74, 6) is 0. The van der Waals surface area contributed by atoms with E-state index >= 15 is 0 Å². The molecule has 0 aromatic rings. The minimum Gasteiger partial charge on any atom is -0.438 e. The van der Waals surface area contributed by atoms with Crippen molar-refractivity contribution in [1.82, 2.24) is 4.90 Å². The lowest BCUT2D eigenvalue weighted by Crippen LogP contribution is -2.53. The van der Waals surface area contributed by atoms with Crippen LogP contribution in [-0.2, 0) is 9.53 Å². The predicted octanol–water partition coefficient (Wildman–Crippen LogP) is 1.05. The molecule has 1 amide bonds. The monoisotopic (exact) mass is 185 g/mol. The molecule has 1 aliphatic rings. The third kappa shape index (κ3) is 1.82. The Hall–Kier alpha value is -1.06. The average molecular weight is 185 g/mol. The molecule has 1 saturated heterocycles. The SMILES string of the molecule is CCN1CC(C)(C)[C@@H](C=O)OC1=O. The van der Waals surface area contributed by atoms with Gasteiger partial charge in [0.15, 0.2) is 12.4 Å². The van der Waals surface area contributed by atoms with Gasteiger partial charge in [-0.2, -0.15) is 0 Å². The van der Waals surface area contributed by atoms with Crippen molar-refractivity contribution in [1.29, 1.82) is 0 Å². The fourth-order valence-corrected chi connectivity index (χ4v) is 1.44. The second-order valence-corrected chi connectivity index (χ2v) is 3.94. The minimum absolute atomic E-state index is 0.286. The van der Waals surface area contributed by atoms with Crippen molar-refractivity contribution in [3.8, 4) is 0 Å². The van der Waals surface area contributed by atoms with Crippen LogP contribution in [0.1, 0.15) is 20.8 Å². The van der Waals surface area contributed by atoms with E-state index in [-0.39, 0.29) is 11.5 Å². The second-order valence-electron chi connectivity index (χ2n) is 3.94. The van der Waals surface area contributed by atoms with E-state index in [0.29, 0.717) is 19.4 Å². The summed E-state index contributed by atoms with van der Waals surface area (Å²) in [6.45, 7) is 6.92. The van der Waals surface area contributed by atoms with Crippen molar-refractivity contribution in [3.05, 3.63) is 0 Å². The number of nitrogens with zero attached hydrogens (tertiary/aromatic N) is 1. The van der Waals surface area contributed by atoms with Gasteiger partial charge in [0.25, 0.3) is 0 Å². The van der Waals surface area contributed by atoms with E-state index in [0.717, 1.165) is 0 Å². The number of hydrogen-bond acceptors (Lipinski definition) is 3. The van der Waals surface area contributed by atoms with E-state index in [2.05, 4.69) is 0 Å². The van der Waals surface area contributed by atoms with E-state index in [9.17, 15) is 9.59 Å². The Morgan fingerprint density at radius 1 is 1.69 bits per heavy atom. The number of rotatable bonds is 2. The first-order valence-electron chi connectivity index (χ1n) is 4.42. The van der Waals surface area contributed by atoms with E-state index in [4.69, 9.17) is 4.74 Å². The van der Waals surface area contributed by atoms with Gasteiger partial charge in [-0.1, -0.05) is 13.8 Å². The summed E-state index contributed by atoms with van der Waals surface area (Å²) in [5, 5.41) is 0. The summed E-state index contributed by atoms with van der Waals surface area (Å²) in [6.07, 6.45) is -0.299. The number of aldehydes is 1. The van der Waals surface area contributed by atoms with Crippen molar-refractivity contribution in [2.45, 2.75) is 26.9 Å². The number of carbonyl (C=O) groups is 2. The summed E-state index contributed by atoms with van der Waals surface area (Å²) in [4.78, 5) is 23.4. The highest BCUT2D eigenvalue weighted by Gasteiger charge is 2.40. The molecule has 0 N–H and O–H groups in total. The normalized spacial score (nSPS) is 26.8. The number of carbonyl (C=O) groups excluding carboxylic acids is 2. The number of ether oxygens (including phenoxy) is 1. The van der Waals surface area contributed by atoms with Gasteiger partial charge in [0.1, 0.15) is 0 Å².